The molecule has 0 aliphatic carbocycles. The number of piperidine rings is 1. The maximum atomic E-state index is 12.9. The first kappa shape index (κ1) is 23.0. The summed E-state index contributed by atoms with van der Waals surface area (Å²) in [6.45, 7) is 1.37. The second-order valence-electron chi connectivity index (χ2n) is 8.80. The van der Waals surface area contributed by atoms with Gasteiger partial charge in [-0.3, -0.25) is 4.57 Å². The number of nitrogens with zero attached hydrogens (tertiary/aromatic N) is 2. The fraction of sp³-hybridized carbons (Fsp3) is 0.214. The molecule has 35 heavy (non-hydrogen) atoms. The van der Waals surface area contributed by atoms with Gasteiger partial charge in [-0.25, -0.2) is 9.59 Å². The van der Waals surface area contributed by atoms with E-state index in [0.717, 1.165) is 35.7 Å². The van der Waals surface area contributed by atoms with E-state index in [1.807, 2.05) is 65.7 Å². The van der Waals surface area contributed by atoms with Crippen molar-refractivity contribution >= 4 is 40.3 Å². The van der Waals surface area contributed by atoms with E-state index in [2.05, 4.69) is 5.32 Å². The van der Waals surface area contributed by atoms with Gasteiger partial charge in [0.25, 0.3) is 0 Å². The van der Waals surface area contributed by atoms with E-state index in [-0.39, 0.29) is 6.03 Å². The van der Waals surface area contributed by atoms with Gasteiger partial charge in [-0.1, -0.05) is 54.1 Å². The molecule has 2 heterocycles. The number of urea groups is 1. The normalized spacial score (nSPS) is 14.1. The molecule has 0 saturated carbocycles. The summed E-state index contributed by atoms with van der Waals surface area (Å²) < 4.78 is 7.16. The molecule has 0 radical (unpaired) electrons. The maximum absolute atomic E-state index is 12.9. The standard InChI is InChI=1S/C28H26ClN3O3/c29-22-7-6-8-23(18-22)30-27(33)31-15-13-20(14-16-31)17-21-19-32(26-12-5-4-11-25(21)26)28(34)35-24-9-2-1-3-10-24/h1-12,18-20H,13-17H2,(H,30,33). The monoisotopic (exact) mass is 487 g/mol. The zero-order chi connectivity index (χ0) is 24.2. The van der Waals surface area contributed by atoms with Crippen LogP contribution in [0.4, 0.5) is 15.3 Å². The SMILES string of the molecule is O=C(Nc1cccc(Cl)c1)N1CCC(Cc2cn(C(=O)Oc3ccccc3)c3ccccc23)CC1. The van der Waals surface area contributed by atoms with E-state index < -0.39 is 6.09 Å². The Hall–Kier alpha value is -3.77. The van der Waals surface area contributed by atoms with Crippen molar-refractivity contribution in [2.24, 2.45) is 5.92 Å². The Kier molecular flexibility index (Phi) is 6.73. The second-order valence-corrected chi connectivity index (χ2v) is 9.23. The Morgan fingerprint density at radius 2 is 1.69 bits per heavy atom. The first-order valence-electron chi connectivity index (χ1n) is 11.7. The van der Waals surface area contributed by atoms with Gasteiger partial charge in [0.15, 0.2) is 0 Å². The Morgan fingerprint density at radius 1 is 0.943 bits per heavy atom. The molecule has 0 spiro atoms. The molecule has 7 heteroatoms. The molecule has 1 saturated heterocycles. The number of likely N-dealkylation sites (tertiary alicyclic amines) is 1. The van der Waals surface area contributed by atoms with Gasteiger partial charge in [0.2, 0.25) is 0 Å². The van der Waals surface area contributed by atoms with Gasteiger partial charge in [0, 0.05) is 35.4 Å². The van der Waals surface area contributed by atoms with Crippen LogP contribution in [0.15, 0.2) is 85.1 Å². The van der Waals surface area contributed by atoms with Crippen molar-refractivity contribution in [3.8, 4) is 5.75 Å². The fourth-order valence-corrected chi connectivity index (χ4v) is 4.81. The number of rotatable bonds is 4. The van der Waals surface area contributed by atoms with Crippen LogP contribution < -0.4 is 10.1 Å². The Bertz CT molecular complexity index is 1340. The minimum absolute atomic E-state index is 0.106. The number of aromatic nitrogens is 1. The minimum Gasteiger partial charge on any atom is -0.410 e. The maximum Gasteiger partial charge on any atom is 0.423 e. The molecule has 0 bridgehead atoms. The first-order valence-corrected chi connectivity index (χ1v) is 12.1. The summed E-state index contributed by atoms with van der Waals surface area (Å²) in [5, 5.41) is 4.57. The molecule has 4 aromatic rings. The van der Waals surface area contributed by atoms with E-state index in [9.17, 15) is 9.59 Å². The van der Waals surface area contributed by atoms with E-state index in [1.165, 1.54) is 0 Å². The van der Waals surface area contributed by atoms with Crippen molar-refractivity contribution in [2.45, 2.75) is 19.3 Å². The van der Waals surface area contributed by atoms with Gasteiger partial charge in [0.1, 0.15) is 5.75 Å². The minimum atomic E-state index is -0.425. The predicted octanol–water partition coefficient (Wildman–Crippen LogP) is 6.83. The molecule has 178 valence electrons. The molecule has 1 N–H and O–H groups in total. The summed E-state index contributed by atoms with van der Waals surface area (Å²) in [5.41, 5.74) is 2.65. The van der Waals surface area contributed by atoms with Crippen LogP contribution in [0.2, 0.25) is 5.02 Å². The number of halogens is 1. The zero-order valence-corrected chi connectivity index (χ0v) is 19.9. The van der Waals surface area contributed by atoms with Crippen LogP contribution in [-0.2, 0) is 6.42 Å². The third-order valence-corrected chi connectivity index (χ3v) is 6.66. The topological polar surface area (TPSA) is 63.6 Å². The van der Waals surface area contributed by atoms with Crippen molar-refractivity contribution in [3.63, 3.8) is 0 Å². The Balaban J connectivity index is 1.24. The number of carbonyl (C=O) groups is 2. The van der Waals surface area contributed by atoms with Crippen molar-refractivity contribution in [3.05, 3.63) is 95.6 Å². The number of fused-ring (bicyclic) bond motifs is 1. The van der Waals surface area contributed by atoms with Crippen LogP contribution in [0.25, 0.3) is 10.9 Å². The zero-order valence-electron chi connectivity index (χ0n) is 19.2. The lowest BCUT2D eigenvalue weighted by atomic mass is 9.90. The molecule has 1 fully saturated rings. The van der Waals surface area contributed by atoms with Crippen LogP contribution in [0.3, 0.4) is 0 Å². The van der Waals surface area contributed by atoms with Crippen LogP contribution in [0.1, 0.15) is 18.4 Å². The Morgan fingerprint density at radius 3 is 2.46 bits per heavy atom. The summed E-state index contributed by atoms with van der Waals surface area (Å²) in [7, 11) is 0. The molecule has 6 nitrogen and oxygen atoms in total. The Labute approximate surface area is 209 Å². The highest BCUT2D eigenvalue weighted by molar-refractivity contribution is 6.30. The second kappa shape index (κ2) is 10.2. The number of benzene rings is 3. The highest BCUT2D eigenvalue weighted by Crippen LogP contribution is 2.29. The molecule has 2 amide bonds. The highest BCUT2D eigenvalue weighted by Gasteiger charge is 2.25. The average Bonchev–Trinajstić information content (AvgIpc) is 3.24. The average molecular weight is 488 g/mol. The lowest BCUT2D eigenvalue weighted by molar-refractivity contribution is 0.182. The molecule has 0 atom stereocenters. The number of nitrogens with one attached hydrogen (secondary N) is 1. The van der Waals surface area contributed by atoms with E-state index in [4.69, 9.17) is 16.3 Å². The number of anilines is 1. The van der Waals surface area contributed by atoms with Gasteiger partial charge < -0.3 is 15.0 Å². The molecule has 3 aromatic carbocycles. The smallest absolute Gasteiger partial charge is 0.410 e. The predicted molar refractivity (Wildman–Crippen MR) is 138 cm³/mol. The quantitative estimate of drug-likeness (QED) is 0.343. The van der Waals surface area contributed by atoms with Gasteiger partial charge in [0.05, 0.1) is 5.52 Å². The number of amides is 2. The molecular formula is C28H26ClN3O3. The van der Waals surface area contributed by atoms with Crippen molar-refractivity contribution in [1.29, 1.82) is 0 Å². The largest absolute Gasteiger partial charge is 0.423 e. The molecule has 5 rings (SSSR count). The number of carbonyl (C=O) groups excluding carboxylic acids is 2. The molecule has 1 aliphatic rings. The van der Waals surface area contributed by atoms with Crippen LogP contribution in [-0.4, -0.2) is 34.7 Å². The van der Waals surface area contributed by atoms with Crippen molar-refractivity contribution in [1.82, 2.24) is 9.47 Å². The summed E-state index contributed by atoms with van der Waals surface area (Å²) in [4.78, 5) is 27.4. The van der Waals surface area contributed by atoms with E-state index in [0.29, 0.717) is 35.5 Å². The summed E-state index contributed by atoms with van der Waals surface area (Å²) in [5.74, 6) is 0.940. The number of hydrogen-bond donors (Lipinski definition) is 1. The van der Waals surface area contributed by atoms with E-state index >= 15 is 0 Å². The van der Waals surface area contributed by atoms with Crippen molar-refractivity contribution in [2.75, 3.05) is 18.4 Å². The van der Waals surface area contributed by atoms with Crippen LogP contribution >= 0.6 is 11.6 Å². The molecule has 1 aromatic heterocycles. The molecular weight excluding hydrogens is 462 g/mol. The van der Waals surface area contributed by atoms with Crippen LogP contribution in [0, 0.1) is 5.92 Å². The third kappa shape index (κ3) is 5.33. The summed E-state index contributed by atoms with van der Waals surface area (Å²) >= 11 is 6.02. The number of para-hydroxylation sites is 2. The fourth-order valence-electron chi connectivity index (χ4n) is 4.62. The van der Waals surface area contributed by atoms with Gasteiger partial charge in [-0.05, 0) is 67.1 Å². The molecule has 1 aliphatic heterocycles. The van der Waals surface area contributed by atoms with Gasteiger partial charge >= 0.3 is 12.1 Å². The lowest BCUT2D eigenvalue weighted by Gasteiger charge is -2.32. The summed E-state index contributed by atoms with van der Waals surface area (Å²) in [6.07, 6.45) is 4.11. The number of ether oxygens (including phenoxy) is 1. The number of hydrogen-bond acceptors (Lipinski definition) is 3. The van der Waals surface area contributed by atoms with Crippen LogP contribution in [0.5, 0.6) is 5.75 Å². The highest BCUT2D eigenvalue weighted by atomic mass is 35.5. The lowest BCUT2D eigenvalue weighted by Crippen LogP contribution is -2.41. The van der Waals surface area contributed by atoms with E-state index in [1.54, 1.807) is 28.8 Å². The summed E-state index contributed by atoms with van der Waals surface area (Å²) in [6, 6.07) is 24.0. The van der Waals surface area contributed by atoms with Crippen molar-refractivity contribution < 1.29 is 14.3 Å². The van der Waals surface area contributed by atoms with Gasteiger partial charge in [-0.2, -0.15) is 0 Å². The van der Waals surface area contributed by atoms with Gasteiger partial charge in [-0.15, -0.1) is 0 Å². The first-order chi connectivity index (χ1) is 17.1. The molecule has 0 unspecified atom stereocenters. The third-order valence-electron chi connectivity index (χ3n) is 6.43.